The van der Waals surface area contributed by atoms with E-state index in [4.69, 9.17) is 4.74 Å². The summed E-state index contributed by atoms with van der Waals surface area (Å²) in [6.45, 7) is 2.45. The largest absolute Gasteiger partial charge is 0.495 e. The van der Waals surface area contributed by atoms with Gasteiger partial charge in [-0.25, -0.2) is 8.42 Å². The van der Waals surface area contributed by atoms with E-state index < -0.39 is 10.0 Å². The van der Waals surface area contributed by atoms with Gasteiger partial charge in [0.05, 0.1) is 19.1 Å². The highest BCUT2D eigenvalue weighted by molar-refractivity contribution is 7.92. The number of nitrogens with one attached hydrogen (secondary N) is 1. The van der Waals surface area contributed by atoms with Crippen LogP contribution in [-0.4, -0.2) is 34.2 Å². The summed E-state index contributed by atoms with van der Waals surface area (Å²) in [4.78, 5) is 12.1. The van der Waals surface area contributed by atoms with E-state index in [0.717, 1.165) is 17.4 Å². The van der Waals surface area contributed by atoms with Gasteiger partial charge in [-0.05, 0) is 24.6 Å². The predicted molar refractivity (Wildman–Crippen MR) is 103 cm³/mol. The number of aryl methyl sites for hydroxylation is 1. The molecule has 0 aliphatic carbocycles. The Hall–Kier alpha value is -2.54. The van der Waals surface area contributed by atoms with E-state index in [1.807, 2.05) is 31.2 Å². The SMILES string of the molecule is COc1ccccc1N(CCC(=O)NCc1ccc(C)cc1)S(C)(=O)=O. The quantitative estimate of drug-likeness (QED) is 0.768. The van der Waals surface area contributed by atoms with E-state index in [1.54, 1.807) is 24.3 Å². The van der Waals surface area contributed by atoms with Gasteiger partial charge >= 0.3 is 0 Å². The highest BCUT2D eigenvalue weighted by atomic mass is 32.2. The highest BCUT2D eigenvalue weighted by Gasteiger charge is 2.21. The minimum absolute atomic E-state index is 0.0406. The van der Waals surface area contributed by atoms with Gasteiger partial charge in [0, 0.05) is 19.5 Å². The molecule has 0 bridgehead atoms. The van der Waals surface area contributed by atoms with Gasteiger partial charge in [0.15, 0.2) is 0 Å². The van der Waals surface area contributed by atoms with Gasteiger partial charge in [0.2, 0.25) is 15.9 Å². The van der Waals surface area contributed by atoms with Crippen LogP contribution >= 0.6 is 0 Å². The first kappa shape index (κ1) is 19.8. The van der Waals surface area contributed by atoms with Crippen molar-refractivity contribution in [3.63, 3.8) is 0 Å². The lowest BCUT2D eigenvalue weighted by molar-refractivity contribution is -0.121. The summed E-state index contributed by atoms with van der Waals surface area (Å²) in [5.74, 6) is 0.229. The lowest BCUT2D eigenvalue weighted by Crippen LogP contribution is -2.34. The van der Waals surface area contributed by atoms with E-state index in [1.165, 1.54) is 11.4 Å². The average molecular weight is 376 g/mol. The zero-order valence-electron chi connectivity index (χ0n) is 15.2. The molecule has 26 heavy (non-hydrogen) atoms. The van der Waals surface area contributed by atoms with Crippen LogP contribution in [0.1, 0.15) is 17.5 Å². The molecular formula is C19H24N2O4S. The number of rotatable bonds is 8. The van der Waals surface area contributed by atoms with Crippen LogP contribution in [0, 0.1) is 6.92 Å². The van der Waals surface area contributed by atoms with Gasteiger partial charge in [0.1, 0.15) is 5.75 Å². The molecule has 2 aromatic rings. The van der Waals surface area contributed by atoms with Gasteiger partial charge < -0.3 is 10.1 Å². The van der Waals surface area contributed by atoms with Crippen LogP contribution in [0.3, 0.4) is 0 Å². The Bertz CT molecular complexity index is 848. The van der Waals surface area contributed by atoms with Crippen molar-refractivity contribution < 1.29 is 17.9 Å². The van der Waals surface area contributed by atoms with E-state index in [0.29, 0.717) is 18.0 Å². The van der Waals surface area contributed by atoms with Gasteiger partial charge in [-0.2, -0.15) is 0 Å². The minimum Gasteiger partial charge on any atom is -0.495 e. The average Bonchev–Trinajstić information content (AvgIpc) is 2.60. The fourth-order valence-corrected chi connectivity index (χ4v) is 3.43. The van der Waals surface area contributed by atoms with Crippen LogP contribution in [0.15, 0.2) is 48.5 Å². The smallest absolute Gasteiger partial charge is 0.232 e. The first-order chi connectivity index (χ1) is 12.3. The molecule has 0 atom stereocenters. The first-order valence-electron chi connectivity index (χ1n) is 8.24. The summed E-state index contributed by atoms with van der Waals surface area (Å²) in [6, 6.07) is 14.7. The minimum atomic E-state index is -3.54. The van der Waals surface area contributed by atoms with Crippen molar-refractivity contribution in [3.05, 3.63) is 59.7 Å². The Morgan fingerprint density at radius 1 is 1.12 bits per heavy atom. The van der Waals surface area contributed by atoms with Crippen LogP contribution in [0.25, 0.3) is 0 Å². The van der Waals surface area contributed by atoms with Crippen LogP contribution in [0.4, 0.5) is 5.69 Å². The summed E-state index contributed by atoms with van der Waals surface area (Å²) in [5, 5.41) is 2.81. The molecule has 0 aliphatic rings. The van der Waals surface area contributed by atoms with E-state index in [-0.39, 0.29) is 18.9 Å². The fraction of sp³-hybridized carbons (Fsp3) is 0.316. The molecule has 1 amide bonds. The molecule has 140 valence electrons. The Morgan fingerprint density at radius 3 is 2.38 bits per heavy atom. The van der Waals surface area contributed by atoms with Crippen LogP contribution in [-0.2, 0) is 21.4 Å². The number of hydrogen-bond acceptors (Lipinski definition) is 4. The molecule has 0 aliphatic heterocycles. The van der Waals surface area contributed by atoms with Crippen LogP contribution in [0.2, 0.25) is 0 Å². The molecule has 2 rings (SSSR count). The van der Waals surface area contributed by atoms with Crippen molar-refractivity contribution in [2.24, 2.45) is 0 Å². The van der Waals surface area contributed by atoms with Gasteiger partial charge in [-0.1, -0.05) is 42.0 Å². The maximum Gasteiger partial charge on any atom is 0.232 e. The molecule has 0 fully saturated rings. The number of carbonyl (C=O) groups is 1. The maximum absolute atomic E-state index is 12.2. The van der Waals surface area contributed by atoms with Crippen LogP contribution in [0.5, 0.6) is 5.75 Å². The van der Waals surface area contributed by atoms with E-state index in [2.05, 4.69) is 5.32 Å². The number of amides is 1. The molecule has 0 aromatic heterocycles. The standard InChI is InChI=1S/C19H24N2O4S/c1-15-8-10-16(11-9-15)14-20-19(22)12-13-21(26(3,23)24)17-6-4-5-7-18(17)25-2/h4-11H,12-14H2,1-3H3,(H,20,22). The normalized spacial score (nSPS) is 11.0. The fourth-order valence-electron chi connectivity index (χ4n) is 2.50. The van der Waals surface area contributed by atoms with Gasteiger partial charge in [0.25, 0.3) is 0 Å². The van der Waals surface area contributed by atoms with Crippen molar-refractivity contribution in [1.82, 2.24) is 5.32 Å². The Balaban J connectivity index is 2.01. The number of hydrogen-bond donors (Lipinski definition) is 1. The summed E-state index contributed by atoms with van der Waals surface area (Å²) in [6.07, 6.45) is 1.17. The molecule has 1 N–H and O–H groups in total. The number of anilines is 1. The van der Waals surface area contributed by atoms with E-state index in [9.17, 15) is 13.2 Å². The third-order valence-corrected chi connectivity index (χ3v) is 5.09. The number of methoxy groups -OCH3 is 1. The zero-order valence-corrected chi connectivity index (χ0v) is 16.0. The molecular weight excluding hydrogens is 352 g/mol. The number of para-hydroxylation sites is 2. The number of nitrogens with zero attached hydrogens (tertiary/aromatic N) is 1. The van der Waals surface area contributed by atoms with Crippen molar-refractivity contribution >= 4 is 21.6 Å². The topological polar surface area (TPSA) is 75.7 Å². The van der Waals surface area contributed by atoms with Crippen molar-refractivity contribution in [2.45, 2.75) is 19.9 Å². The third kappa shape index (κ3) is 5.49. The van der Waals surface area contributed by atoms with Gasteiger partial charge in [-0.3, -0.25) is 9.10 Å². The molecule has 2 aromatic carbocycles. The first-order valence-corrected chi connectivity index (χ1v) is 10.1. The molecule has 0 heterocycles. The second kappa shape index (κ2) is 8.71. The second-order valence-electron chi connectivity index (χ2n) is 6.02. The number of sulfonamides is 1. The molecule has 6 nitrogen and oxygen atoms in total. The summed E-state index contributed by atoms with van der Waals surface area (Å²) in [5.41, 5.74) is 2.57. The molecule has 7 heteroatoms. The Kier molecular flexibility index (Phi) is 6.63. The highest BCUT2D eigenvalue weighted by Crippen LogP contribution is 2.29. The Morgan fingerprint density at radius 2 is 1.77 bits per heavy atom. The van der Waals surface area contributed by atoms with Crippen molar-refractivity contribution in [2.75, 3.05) is 24.2 Å². The summed E-state index contributed by atoms with van der Waals surface area (Å²) >= 11 is 0. The lowest BCUT2D eigenvalue weighted by Gasteiger charge is -2.24. The summed E-state index contributed by atoms with van der Waals surface area (Å²) in [7, 11) is -2.07. The molecule has 0 saturated heterocycles. The van der Waals surface area contributed by atoms with E-state index >= 15 is 0 Å². The number of benzene rings is 2. The molecule has 0 saturated carbocycles. The van der Waals surface area contributed by atoms with Gasteiger partial charge in [-0.15, -0.1) is 0 Å². The molecule has 0 radical (unpaired) electrons. The van der Waals surface area contributed by atoms with Crippen molar-refractivity contribution in [1.29, 1.82) is 0 Å². The van der Waals surface area contributed by atoms with Crippen LogP contribution < -0.4 is 14.4 Å². The van der Waals surface area contributed by atoms with Crippen molar-refractivity contribution in [3.8, 4) is 5.75 Å². The number of carbonyl (C=O) groups excluding carboxylic acids is 1. The lowest BCUT2D eigenvalue weighted by atomic mass is 10.1. The monoisotopic (exact) mass is 376 g/mol. The third-order valence-electron chi connectivity index (χ3n) is 3.91. The molecule has 0 unspecified atom stereocenters. The second-order valence-corrected chi connectivity index (χ2v) is 7.93. The predicted octanol–water partition coefficient (Wildman–Crippen LogP) is 2.48. The number of ether oxygens (including phenoxy) is 1. The Labute approximate surface area is 154 Å². The summed E-state index contributed by atoms with van der Waals surface area (Å²) < 4.78 is 30.8. The molecule has 0 spiro atoms. The maximum atomic E-state index is 12.2. The zero-order chi connectivity index (χ0) is 19.2.